The first kappa shape index (κ1) is 21.2. The number of ether oxygens (including phenoxy) is 2. The molecule has 0 saturated heterocycles. The molecule has 0 atom stereocenters. The quantitative estimate of drug-likeness (QED) is 0.399. The highest BCUT2D eigenvalue weighted by Gasteiger charge is 2.50. The Kier molecular flexibility index (Phi) is 6.21. The molecule has 0 heterocycles. The number of carbonyl (C=O) groups excluding carboxylic acids is 1. The van der Waals surface area contributed by atoms with Gasteiger partial charge in [-0.1, -0.05) is 74.3 Å². The summed E-state index contributed by atoms with van der Waals surface area (Å²) >= 11 is 12.0. The predicted molar refractivity (Wildman–Crippen MR) is 117 cm³/mol. The van der Waals surface area contributed by atoms with Gasteiger partial charge in [0.25, 0.3) is 0 Å². The van der Waals surface area contributed by atoms with Crippen molar-refractivity contribution in [3.05, 3.63) is 94.5 Å². The van der Waals surface area contributed by atoms with E-state index in [0.29, 0.717) is 27.1 Å². The lowest BCUT2D eigenvalue weighted by atomic mass is 9.82. The molecule has 3 rings (SSSR count). The van der Waals surface area contributed by atoms with Gasteiger partial charge in [0, 0.05) is 21.0 Å². The summed E-state index contributed by atoms with van der Waals surface area (Å²) in [6, 6.07) is 22.9. The number of hydrogen-bond acceptors (Lipinski definition) is 3. The van der Waals surface area contributed by atoms with Crippen molar-refractivity contribution in [1.82, 2.24) is 0 Å². The molecule has 3 aromatic carbocycles. The Balaban J connectivity index is 2.18. The van der Waals surface area contributed by atoms with Gasteiger partial charge < -0.3 is 9.47 Å². The highest BCUT2D eigenvalue weighted by Crippen LogP contribution is 2.38. The van der Waals surface area contributed by atoms with Crippen LogP contribution < -0.4 is 9.47 Å². The third-order valence-electron chi connectivity index (χ3n) is 4.28. The molecule has 0 aliphatic heterocycles. The van der Waals surface area contributed by atoms with Gasteiger partial charge in [-0.05, 0) is 48.5 Å². The third-order valence-corrected chi connectivity index (χ3v) is 4.79. The first-order chi connectivity index (χ1) is 13.7. The van der Waals surface area contributed by atoms with Crippen LogP contribution in [-0.2, 0) is 10.6 Å². The molecular formula is C24H22Cl2O3. The SMILES string of the molecule is CC(C)(C)C(=O)C(Oc1ccc(Cl)cc1)(Oc1ccc(Cl)cc1)c1ccccc1. The summed E-state index contributed by atoms with van der Waals surface area (Å²) in [4.78, 5) is 13.7. The van der Waals surface area contributed by atoms with Gasteiger partial charge in [-0.3, -0.25) is 4.79 Å². The average Bonchev–Trinajstić information content (AvgIpc) is 2.70. The monoisotopic (exact) mass is 428 g/mol. The summed E-state index contributed by atoms with van der Waals surface area (Å²) < 4.78 is 12.6. The fourth-order valence-electron chi connectivity index (χ4n) is 2.85. The molecule has 0 N–H and O–H groups in total. The molecule has 0 saturated carbocycles. The number of Topliss-reactive ketones (excluding diaryl/α,β-unsaturated/α-hetero) is 1. The van der Waals surface area contributed by atoms with E-state index in [1.54, 1.807) is 48.5 Å². The standard InChI is InChI=1S/C24H22Cl2O3/c1-23(2,3)22(27)24(17-7-5-4-6-8-17,28-20-13-9-18(25)10-14-20)29-21-15-11-19(26)12-16-21/h4-16H,1-3H3. The van der Waals surface area contributed by atoms with Gasteiger partial charge in [-0.15, -0.1) is 0 Å². The lowest BCUT2D eigenvalue weighted by molar-refractivity contribution is -0.176. The van der Waals surface area contributed by atoms with Crippen LogP contribution >= 0.6 is 23.2 Å². The summed E-state index contributed by atoms with van der Waals surface area (Å²) in [5, 5.41) is 1.15. The zero-order valence-corrected chi connectivity index (χ0v) is 18.0. The summed E-state index contributed by atoms with van der Waals surface area (Å²) in [6.07, 6.45) is 0. The first-order valence-electron chi connectivity index (χ1n) is 9.20. The number of rotatable bonds is 6. The molecule has 5 heteroatoms. The minimum atomic E-state index is -1.69. The number of ketones is 1. The van der Waals surface area contributed by atoms with Crippen LogP contribution in [0.2, 0.25) is 10.0 Å². The lowest BCUT2D eigenvalue weighted by Crippen LogP contribution is -2.52. The van der Waals surface area contributed by atoms with Crippen LogP contribution in [0.1, 0.15) is 26.3 Å². The van der Waals surface area contributed by atoms with E-state index < -0.39 is 11.2 Å². The molecule has 0 amide bonds. The Labute approximate surface area is 181 Å². The zero-order chi connectivity index (χ0) is 21.1. The van der Waals surface area contributed by atoms with Crippen molar-refractivity contribution < 1.29 is 14.3 Å². The van der Waals surface area contributed by atoms with Crippen LogP contribution in [0.25, 0.3) is 0 Å². The van der Waals surface area contributed by atoms with Crippen LogP contribution in [0.3, 0.4) is 0 Å². The summed E-state index contributed by atoms with van der Waals surface area (Å²) in [5.41, 5.74) is -0.154. The molecule has 0 spiro atoms. The molecule has 0 aliphatic carbocycles. The number of benzene rings is 3. The van der Waals surface area contributed by atoms with Crippen LogP contribution in [0.15, 0.2) is 78.9 Å². The van der Waals surface area contributed by atoms with Gasteiger partial charge >= 0.3 is 5.79 Å². The van der Waals surface area contributed by atoms with Gasteiger partial charge in [0.2, 0.25) is 5.78 Å². The molecule has 0 unspecified atom stereocenters. The average molecular weight is 429 g/mol. The van der Waals surface area contributed by atoms with E-state index >= 15 is 0 Å². The van der Waals surface area contributed by atoms with Crippen LogP contribution in [0, 0.1) is 5.41 Å². The largest absolute Gasteiger partial charge is 0.442 e. The fraction of sp³-hybridized carbons (Fsp3) is 0.208. The minimum Gasteiger partial charge on any atom is -0.442 e. The molecular weight excluding hydrogens is 407 g/mol. The fourth-order valence-corrected chi connectivity index (χ4v) is 3.10. The normalized spacial score (nSPS) is 11.8. The summed E-state index contributed by atoms with van der Waals surface area (Å²) in [6.45, 7) is 5.51. The Morgan fingerprint density at radius 2 is 1.10 bits per heavy atom. The van der Waals surface area contributed by atoms with Crippen molar-refractivity contribution in [1.29, 1.82) is 0 Å². The van der Waals surface area contributed by atoms with E-state index in [2.05, 4.69) is 0 Å². The van der Waals surface area contributed by atoms with E-state index in [4.69, 9.17) is 32.7 Å². The molecule has 0 aliphatic rings. The Morgan fingerprint density at radius 3 is 1.48 bits per heavy atom. The Bertz CT molecular complexity index is 912. The van der Waals surface area contributed by atoms with E-state index in [1.807, 2.05) is 51.1 Å². The van der Waals surface area contributed by atoms with Gasteiger partial charge in [-0.25, -0.2) is 0 Å². The highest BCUT2D eigenvalue weighted by atomic mass is 35.5. The summed E-state index contributed by atoms with van der Waals surface area (Å²) in [5.74, 6) is -0.989. The number of carbonyl (C=O) groups is 1. The van der Waals surface area contributed by atoms with E-state index in [0.717, 1.165) is 0 Å². The lowest BCUT2D eigenvalue weighted by Gasteiger charge is -2.37. The van der Waals surface area contributed by atoms with Gasteiger partial charge in [-0.2, -0.15) is 0 Å². The van der Waals surface area contributed by atoms with Crippen molar-refractivity contribution in [3.8, 4) is 11.5 Å². The topological polar surface area (TPSA) is 35.5 Å². The van der Waals surface area contributed by atoms with Crippen molar-refractivity contribution in [2.75, 3.05) is 0 Å². The molecule has 150 valence electrons. The highest BCUT2D eigenvalue weighted by molar-refractivity contribution is 6.30. The number of halogens is 2. The summed E-state index contributed by atoms with van der Waals surface area (Å²) in [7, 11) is 0. The van der Waals surface area contributed by atoms with Gasteiger partial charge in [0.1, 0.15) is 11.5 Å². The maximum Gasteiger partial charge on any atom is 0.339 e. The van der Waals surface area contributed by atoms with Crippen molar-refractivity contribution in [2.45, 2.75) is 26.6 Å². The van der Waals surface area contributed by atoms with Crippen LogP contribution in [-0.4, -0.2) is 5.78 Å². The smallest absolute Gasteiger partial charge is 0.339 e. The number of hydrogen-bond donors (Lipinski definition) is 0. The molecule has 0 radical (unpaired) electrons. The van der Waals surface area contributed by atoms with E-state index in [-0.39, 0.29) is 5.78 Å². The maximum atomic E-state index is 13.7. The molecule has 0 bridgehead atoms. The second-order valence-corrected chi connectivity index (χ2v) is 8.55. The molecule has 3 aromatic rings. The molecule has 29 heavy (non-hydrogen) atoms. The van der Waals surface area contributed by atoms with E-state index in [1.165, 1.54) is 0 Å². The van der Waals surface area contributed by atoms with Crippen molar-refractivity contribution in [2.24, 2.45) is 5.41 Å². The molecule has 0 fully saturated rings. The third kappa shape index (κ3) is 4.92. The second-order valence-electron chi connectivity index (χ2n) is 7.67. The maximum absolute atomic E-state index is 13.7. The van der Waals surface area contributed by atoms with Crippen molar-refractivity contribution in [3.63, 3.8) is 0 Å². The van der Waals surface area contributed by atoms with E-state index in [9.17, 15) is 4.79 Å². The molecule has 0 aromatic heterocycles. The Hall–Kier alpha value is -2.49. The zero-order valence-electron chi connectivity index (χ0n) is 16.5. The van der Waals surface area contributed by atoms with Gasteiger partial charge in [0.05, 0.1) is 0 Å². The minimum absolute atomic E-state index is 0.221. The van der Waals surface area contributed by atoms with Crippen molar-refractivity contribution >= 4 is 29.0 Å². The predicted octanol–water partition coefficient (Wildman–Crippen LogP) is 6.92. The Morgan fingerprint density at radius 1 is 0.690 bits per heavy atom. The van der Waals surface area contributed by atoms with Gasteiger partial charge in [0.15, 0.2) is 0 Å². The first-order valence-corrected chi connectivity index (χ1v) is 9.96. The van der Waals surface area contributed by atoms with Crippen LogP contribution in [0.5, 0.6) is 11.5 Å². The van der Waals surface area contributed by atoms with Crippen LogP contribution in [0.4, 0.5) is 0 Å². The molecule has 3 nitrogen and oxygen atoms in total. The second kappa shape index (κ2) is 8.48.